The Morgan fingerprint density at radius 3 is 2.18 bits per heavy atom. The molecule has 0 aliphatic rings. The third kappa shape index (κ3) is 9.45. The van der Waals surface area contributed by atoms with Crippen molar-refractivity contribution in [2.24, 2.45) is 11.1 Å². The van der Waals surface area contributed by atoms with E-state index < -0.39 is 11.9 Å². The summed E-state index contributed by atoms with van der Waals surface area (Å²) in [4.78, 5) is 4.84. The van der Waals surface area contributed by atoms with Gasteiger partial charge >= 0.3 is 6.18 Å². The van der Waals surface area contributed by atoms with Gasteiger partial charge in [0.05, 0.1) is 16.7 Å². The second-order valence-electron chi connectivity index (χ2n) is 7.44. The molecule has 0 unspecified atom stereocenters. The zero-order chi connectivity index (χ0) is 25.3. The fraction of sp³-hybridized carbons (Fsp3) is 0.348. The molecule has 2 rings (SSSR count). The lowest BCUT2D eigenvalue weighted by Gasteiger charge is -2.13. The number of halogens is 7. The van der Waals surface area contributed by atoms with Gasteiger partial charge in [-0.2, -0.15) is 13.2 Å². The minimum atomic E-state index is -4.64. The van der Waals surface area contributed by atoms with E-state index in [1.54, 1.807) is 12.1 Å². The molecular formula is C23H22Cl4F3NO3. The van der Waals surface area contributed by atoms with Gasteiger partial charge in [-0.1, -0.05) is 89.7 Å². The van der Waals surface area contributed by atoms with Gasteiger partial charge in [0.25, 0.3) is 0 Å². The summed E-state index contributed by atoms with van der Waals surface area (Å²) in [6.45, 7) is 4.06. The zero-order valence-electron chi connectivity index (χ0n) is 18.3. The number of rotatable bonds is 11. The Bertz CT molecular complexity index is 983. The molecule has 0 aliphatic carbocycles. The Kier molecular flexibility index (Phi) is 11.2. The average Bonchev–Trinajstić information content (AvgIpc) is 2.72. The average molecular weight is 559 g/mol. The lowest BCUT2D eigenvalue weighted by Crippen LogP contribution is -2.24. The Morgan fingerprint density at radius 2 is 1.65 bits per heavy atom. The van der Waals surface area contributed by atoms with E-state index in [2.05, 4.69) is 5.16 Å². The van der Waals surface area contributed by atoms with Crippen molar-refractivity contribution in [3.63, 3.8) is 0 Å². The summed E-state index contributed by atoms with van der Waals surface area (Å²) in [7, 11) is 0. The Morgan fingerprint density at radius 1 is 1.03 bits per heavy atom. The summed E-state index contributed by atoms with van der Waals surface area (Å²) in [5.74, 6) is 0.730. The van der Waals surface area contributed by atoms with Gasteiger partial charge in [-0.25, -0.2) is 0 Å². The standard InChI is InChI=1S/C23H22Cl4F3NO3/c1-14(2)13-34-31-22(23(28,29)30)16-5-3-15(4-6-16)7-9-33-21-18(24)11-17(12-19(21)25)32-10-8-20(26)27/h3-6,8,11-12,14H,7,9-10,13H2,1-2H3. The van der Waals surface area contributed by atoms with Crippen LogP contribution in [0, 0.1) is 5.92 Å². The van der Waals surface area contributed by atoms with Crippen LogP contribution in [0.15, 0.2) is 52.1 Å². The molecule has 0 spiro atoms. The van der Waals surface area contributed by atoms with Crippen LogP contribution in [0.2, 0.25) is 10.0 Å². The number of oxime groups is 1. The van der Waals surface area contributed by atoms with Gasteiger partial charge < -0.3 is 14.3 Å². The molecule has 0 N–H and O–H groups in total. The molecular weight excluding hydrogens is 537 g/mol. The third-order valence-electron chi connectivity index (χ3n) is 4.16. The van der Waals surface area contributed by atoms with Crippen LogP contribution in [0.25, 0.3) is 0 Å². The zero-order valence-corrected chi connectivity index (χ0v) is 21.3. The fourth-order valence-corrected chi connectivity index (χ4v) is 3.28. The van der Waals surface area contributed by atoms with Crippen LogP contribution >= 0.6 is 46.4 Å². The SMILES string of the molecule is CC(C)CON=C(c1ccc(CCOc2c(Cl)cc(OCC=C(Cl)Cl)cc2Cl)cc1)C(F)(F)F. The van der Waals surface area contributed by atoms with Crippen molar-refractivity contribution in [1.82, 2.24) is 0 Å². The normalized spacial score (nSPS) is 12.0. The van der Waals surface area contributed by atoms with E-state index in [1.165, 1.54) is 30.3 Å². The van der Waals surface area contributed by atoms with E-state index in [9.17, 15) is 13.2 Å². The molecule has 0 saturated heterocycles. The topological polar surface area (TPSA) is 40.0 Å². The molecule has 4 nitrogen and oxygen atoms in total. The van der Waals surface area contributed by atoms with Crippen LogP contribution in [0.1, 0.15) is 25.0 Å². The maximum absolute atomic E-state index is 13.3. The van der Waals surface area contributed by atoms with E-state index in [4.69, 9.17) is 60.7 Å². The van der Waals surface area contributed by atoms with Crippen LogP contribution in [0.5, 0.6) is 11.5 Å². The molecule has 0 aromatic heterocycles. The van der Waals surface area contributed by atoms with Crippen molar-refractivity contribution < 1.29 is 27.5 Å². The number of alkyl halides is 3. The summed E-state index contributed by atoms with van der Waals surface area (Å²) in [5.41, 5.74) is -0.418. The van der Waals surface area contributed by atoms with E-state index in [1.807, 2.05) is 13.8 Å². The molecule has 0 bridgehead atoms. The predicted molar refractivity (Wildman–Crippen MR) is 131 cm³/mol. The summed E-state index contributed by atoms with van der Waals surface area (Å²) in [5, 5.41) is 3.79. The lowest BCUT2D eigenvalue weighted by atomic mass is 10.1. The van der Waals surface area contributed by atoms with Crippen molar-refractivity contribution >= 4 is 52.1 Å². The summed E-state index contributed by atoms with van der Waals surface area (Å²) < 4.78 is 51.2. The molecule has 0 aliphatic heterocycles. The van der Waals surface area contributed by atoms with Gasteiger partial charge in [-0.3, -0.25) is 0 Å². The van der Waals surface area contributed by atoms with E-state index in [-0.39, 0.29) is 51.6 Å². The van der Waals surface area contributed by atoms with Crippen LogP contribution in [-0.4, -0.2) is 31.7 Å². The Labute approximate surface area is 216 Å². The molecule has 186 valence electrons. The second kappa shape index (κ2) is 13.3. The van der Waals surface area contributed by atoms with Gasteiger partial charge in [0.15, 0.2) is 11.5 Å². The molecule has 0 atom stereocenters. The van der Waals surface area contributed by atoms with Crippen LogP contribution < -0.4 is 9.47 Å². The highest BCUT2D eigenvalue weighted by Crippen LogP contribution is 2.37. The first-order chi connectivity index (χ1) is 16.0. The maximum Gasteiger partial charge on any atom is 0.437 e. The van der Waals surface area contributed by atoms with Gasteiger partial charge in [-0.05, 0) is 17.6 Å². The first kappa shape index (κ1) is 28.4. The Hall–Kier alpha value is -1.80. The van der Waals surface area contributed by atoms with Crippen molar-refractivity contribution in [3.8, 4) is 11.5 Å². The van der Waals surface area contributed by atoms with Gasteiger partial charge in [-0.15, -0.1) is 0 Å². The molecule has 0 amide bonds. The first-order valence-electron chi connectivity index (χ1n) is 10.1. The van der Waals surface area contributed by atoms with Crippen molar-refractivity contribution in [2.45, 2.75) is 26.4 Å². The summed E-state index contributed by atoms with van der Waals surface area (Å²) in [6.07, 6.45) is -2.77. The molecule has 2 aromatic carbocycles. The highest BCUT2D eigenvalue weighted by Gasteiger charge is 2.37. The lowest BCUT2D eigenvalue weighted by molar-refractivity contribution is -0.0618. The Balaban J connectivity index is 1.99. The monoisotopic (exact) mass is 557 g/mol. The first-order valence-corrected chi connectivity index (χ1v) is 11.6. The maximum atomic E-state index is 13.3. The molecule has 0 heterocycles. The van der Waals surface area contributed by atoms with Crippen LogP contribution in [0.4, 0.5) is 13.2 Å². The fourth-order valence-electron chi connectivity index (χ4n) is 2.58. The number of benzene rings is 2. The predicted octanol–water partition coefficient (Wildman–Crippen LogP) is 8.25. The number of hydrogen-bond acceptors (Lipinski definition) is 4. The summed E-state index contributed by atoms with van der Waals surface area (Å²) >= 11 is 23.5. The quantitative estimate of drug-likeness (QED) is 0.206. The van der Waals surface area contributed by atoms with Crippen molar-refractivity contribution in [1.29, 1.82) is 0 Å². The van der Waals surface area contributed by atoms with Gasteiger partial charge in [0, 0.05) is 24.1 Å². The van der Waals surface area contributed by atoms with Crippen molar-refractivity contribution in [3.05, 3.63) is 68.1 Å². The number of ether oxygens (including phenoxy) is 2. The highest BCUT2D eigenvalue weighted by molar-refractivity contribution is 6.55. The van der Waals surface area contributed by atoms with E-state index >= 15 is 0 Å². The molecule has 0 saturated carbocycles. The minimum absolute atomic E-state index is 0.0542. The van der Waals surface area contributed by atoms with E-state index in [0.29, 0.717) is 12.2 Å². The number of hydrogen-bond donors (Lipinski definition) is 0. The minimum Gasteiger partial charge on any atom is -0.490 e. The highest BCUT2D eigenvalue weighted by atomic mass is 35.5. The van der Waals surface area contributed by atoms with Crippen LogP contribution in [-0.2, 0) is 11.3 Å². The summed E-state index contributed by atoms with van der Waals surface area (Å²) in [6, 6.07) is 8.89. The molecule has 2 aromatic rings. The number of nitrogens with zero attached hydrogens (tertiary/aromatic N) is 1. The smallest absolute Gasteiger partial charge is 0.437 e. The third-order valence-corrected chi connectivity index (χ3v) is 5.03. The molecule has 0 fully saturated rings. The largest absolute Gasteiger partial charge is 0.490 e. The van der Waals surface area contributed by atoms with Crippen LogP contribution in [0.3, 0.4) is 0 Å². The molecule has 0 radical (unpaired) electrons. The van der Waals surface area contributed by atoms with Gasteiger partial charge in [0.2, 0.25) is 0 Å². The second-order valence-corrected chi connectivity index (χ2v) is 9.27. The van der Waals surface area contributed by atoms with Gasteiger partial charge in [0.1, 0.15) is 23.5 Å². The molecule has 34 heavy (non-hydrogen) atoms. The molecule has 11 heteroatoms. The van der Waals surface area contributed by atoms with Crippen molar-refractivity contribution in [2.75, 3.05) is 19.8 Å². The van der Waals surface area contributed by atoms with E-state index in [0.717, 1.165) is 5.56 Å².